The van der Waals surface area contributed by atoms with Gasteiger partial charge >= 0.3 is 6.03 Å². The van der Waals surface area contributed by atoms with Gasteiger partial charge in [0.15, 0.2) is 9.84 Å². The summed E-state index contributed by atoms with van der Waals surface area (Å²) < 4.78 is 37.5. The van der Waals surface area contributed by atoms with Crippen LogP contribution in [0.3, 0.4) is 0 Å². The highest BCUT2D eigenvalue weighted by molar-refractivity contribution is 7.92. The van der Waals surface area contributed by atoms with Crippen LogP contribution in [0, 0.1) is 12.7 Å². The molecule has 2 heterocycles. The van der Waals surface area contributed by atoms with E-state index in [0.717, 1.165) is 0 Å². The first kappa shape index (κ1) is 18.6. The number of carbonyl (C=O) groups is 2. The molecule has 3 atom stereocenters. The van der Waals surface area contributed by atoms with Crippen molar-refractivity contribution >= 4 is 27.5 Å². The summed E-state index contributed by atoms with van der Waals surface area (Å²) in [5.74, 6) is -0.585. The van der Waals surface area contributed by atoms with Gasteiger partial charge in [0.05, 0.1) is 23.1 Å². The molecule has 3 rings (SSSR count). The Morgan fingerprint density at radius 3 is 2.81 bits per heavy atom. The van der Waals surface area contributed by atoms with Crippen molar-refractivity contribution in [3.05, 3.63) is 29.6 Å². The van der Waals surface area contributed by atoms with Gasteiger partial charge in [-0.3, -0.25) is 4.79 Å². The van der Waals surface area contributed by atoms with Crippen molar-refractivity contribution in [2.24, 2.45) is 0 Å². The highest BCUT2D eigenvalue weighted by Gasteiger charge is 2.51. The third kappa shape index (κ3) is 3.98. The smallest absolute Gasteiger partial charge is 0.315 e. The minimum Gasteiger partial charge on any atom is -0.332 e. The summed E-state index contributed by atoms with van der Waals surface area (Å²) in [7, 11) is -3.24. The number of hydrogen-bond donors (Lipinski definition) is 3. The molecule has 26 heavy (non-hydrogen) atoms. The molecule has 3 amide bonds. The second kappa shape index (κ2) is 7.22. The number of halogens is 1. The molecule has 0 aromatic heterocycles. The number of carbonyl (C=O) groups excluding carboxylic acids is 2. The largest absolute Gasteiger partial charge is 0.332 e. The minimum atomic E-state index is -3.24. The lowest BCUT2D eigenvalue weighted by Gasteiger charge is -2.16. The summed E-state index contributed by atoms with van der Waals surface area (Å²) in [5, 5.41) is 7.43. The molecule has 1 aromatic rings. The van der Waals surface area contributed by atoms with Gasteiger partial charge in [-0.1, -0.05) is 6.42 Å². The van der Waals surface area contributed by atoms with E-state index in [-0.39, 0.29) is 42.0 Å². The molecular formula is C17H22FN3O4S. The number of fused-ring (bicyclic) bond motifs is 1. The number of amides is 3. The monoisotopic (exact) mass is 383 g/mol. The second-order valence-corrected chi connectivity index (χ2v) is 9.14. The number of urea groups is 1. The van der Waals surface area contributed by atoms with Crippen molar-refractivity contribution in [3.63, 3.8) is 0 Å². The number of rotatable bonds is 6. The van der Waals surface area contributed by atoms with Crippen molar-refractivity contribution in [1.82, 2.24) is 10.6 Å². The molecule has 1 aromatic carbocycles. The van der Waals surface area contributed by atoms with E-state index in [0.29, 0.717) is 30.5 Å². The average Bonchev–Trinajstić information content (AvgIpc) is 2.99. The highest BCUT2D eigenvalue weighted by atomic mass is 32.2. The lowest BCUT2D eigenvalue weighted by atomic mass is 10.0. The normalized spacial score (nSPS) is 26.1. The first-order valence-corrected chi connectivity index (χ1v) is 10.3. The Balaban J connectivity index is 1.46. The van der Waals surface area contributed by atoms with Crippen molar-refractivity contribution in [3.8, 4) is 0 Å². The van der Waals surface area contributed by atoms with E-state index >= 15 is 0 Å². The first-order valence-electron chi connectivity index (χ1n) is 8.61. The van der Waals surface area contributed by atoms with E-state index in [4.69, 9.17) is 0 Å². The Labute approximate surface area is 151 Å². The number of benzene rings is 1. The van der Waals surface area contributed by atoms with Crippen molar-refractivity contribution in [2.75, 3.05) is 11.1 Å². The number of sulfone groups is 1. The van der Waals surface area contributed by atoms with Crippen LogP contribution >= 0.6 is 0 Å². The van der Waals surface area contributed by atoms with Gasteiger partial charge in [-0.25, -0.2) is 17.6 Å². The van der Waals surface area contributed by atoms with Gasteiger partial charge in [-0.2, -0.15) is 0 Å². The lowest BCUT2D eigenvalue weighted by Crippen LogP contribution is -2.39. The molecule has 0 saturated carbocycles. The van der Waals surface area contributed by atoms with Crippen LogP contribution in [0.1, 0.15) is 31.2 Å². The Kier molecular flexibility index (Phi) is 5.17. The maximum atomic E-state index is 13.1. The summed E-state index contributed by atoms with van der Waals surface area (Å²) >= 11 is 0. The van der Waals surface area contributed by atoms with Crippen molar-refractivity contribution in [1.29, 1.82) is 0 Å². The quantitative estimate of drug-likeness (QED) is 0.511. The van der Waals surface area contributed by atoms with Crippen molar-refractivity contribution in [2.45, 2.75) is 49.9 Å². The zero-order valence-corrected chi connectivity index (χ0v) is 15.2. The number of aryl methyl sites for hydroxylation is 1. The molecule has 0 spiro atoms. The van der Waals surface area contributed by atoms with E-state index in [1.165, 1.54) is 18.2 Å². The van der Waals surface area contributed by atoms with E-state index < -0.39 is 15.1 Å². The van der Waals surface area contributed by atoms with Crippen LogP contribution in [0.25, 0.3) is 0 Å². The van der Waals surface area contributed by atoms with Crippen LogP contribution in [-0.2, 0) is 14.6 Å². The van der Waals surface area contributed by atoms with Crippen LogP contribution in [-0.4, -0.2) is 43.4 Å². The number of anilines is 1. The third-order valence-corrected chi connectivity index (χ3v) is 7.20. The number of unbranched alkanes of at least 4 members (excludes halogenated alkanes) is 1. The van der Waals surface area contributed by atoms with Gasteiger partial charge in [-0.15, -0.1) is 0 Å². The maximum Gasteiger partial charge on any atom is 0.315 e. The van der Waals surface area contributed by atoms with E-state index in [1.54, 1.807) is 6.92 Å². The van der Waals surface area contributed by atoms with Crippen LogP contribution in [0.4, 0.5) is 14.9 Å². The lowest BCUT2D eigenvalue weighted by molar-refractivity contribution is -0.116. The molecule has 2 saturated heterocycles. The molecule has 2 aliphatic heterocycles. The SMILES string of the molecule is Cc1cc(F)ccc1NC(=O)CCCC[C@@H]1[C@@H]2NC(=O)N[C@H]2CS1(=O)=O. The van der Waals surface area contributed by atoms with E-state index in [1.807, 2.05) is 0 Å². The van der Waals surface area contributed by atoms with Gasteiger partial charge in [0.1, 0.15) is 5.82 Å². The number of nitrogens with one attached hydrogen (secondary N) is 3. The summed E-state index contributed by atoms with van der Waals surface area (Å²) in [6, 6.07) is 3.08. The summed E-state index contributed by atoms with van der Waals surface area (Å²) in [6.07, 6.45) is 1.77. The zero-order chi connectivity index (χ0) is 18.9. The molecule has 0 radical (unpaired) electrons. The second-order valence-electron chi connectivity index (χ2n) is 6.87. The molecule has 7 nitrogen and oxygen atoms in total. The molecule has 142 valence electrons. The summed E-state index contributed by atoms with van der Waals surface area (Å²) in [6.45, 7) is 1.71. The van der Waals surface area contributed by atoms with Crippen molar-refractivity contribution < 1.29 is 22.4 Å². The minimum absolute atomic E-state index is 0.0363. The average molecular weight is 383 g/mol. The van der Waals surface area contributed by atoms with Gasteiger partial charge in [0, 0.05) is 12.1 Å². The fraction of sp³-hybridized carbons (Fsp3) is 0.529. The van der Waals surface area contributed by atoms with Gasteiger partial charge < -0.3 is 16.0 Å². The van der Waals surface area contributed by atoms with E-state index in [2.05, 4.69) is 16.0 Å². The topological polar surface area (TPSA) is 104 Å². The molecule has 0 bridgehead atoms. The van der Waals surface area contributed by atoms with Crippen LogP contribution < -0.4 is 16.0 Å². The Morgan fingerprint density at radius 1 is 1.31 bits per heavy atom. The Bertz CT molecular complexity index is 827. The standard InChI is InChI=1S/C17H22FN3O4S/c1-10-8-11(18)6-7-12(10)19-15(22)5-3-2-4-14-16-13(9-26(14,24)25)20-17(23)21-16/h6-8,13-14,16H,2-5,9H2,1H3,(H,19,22)(H2,20,21,23)/t13-,14+,16+/m0/s1. The van der Waals surface area contributed by atoms with Crippen LogP contribution in [0.5, 0.6) is 0 Å². The van der Waals surface area contributed by atoms with Gasteiger partial charge in [-0.05, 0) is 43.5 Å². The van der Waals surface area contributed by atoms with Gasteiger partial charge in [0.2, 0.25) is 5.91 Å². The van der Waals surface area contributed by atoms with Gasteiger partial charge in [0.25, 0.3) is 0 Å². The molecule has 2 aliphatic rings. The Morgan fingerprint density at radius 2 is 2.08 bits per heavy atom. The van der Waals surface area contributed by atoms with Crippen LogP contribution in [0.2, 0.25) is 0 Å². The summed E-state index contributed by atoms with van der Waals surface area (Å²) in [4.78, 5) is 23.4. The summed E-state index contributed by atoms with van der Waals surface area (Å²) in [5.41, 5.74) is 1.21. The third-order valence-electron chi connectivity index (χ3n) is 4.93. The molecule has 3 N–H and O–H groups in total. The molecule has 2 fully saturated rings. The molecular weight excluding hydrogens is 361 g/mol. The van der Waals surface area contributed by atoms with E-state index in [9.17, 15) is 22.4 Å². The zero-order valence-electron chi connectivity index (χ0n) is 14.4. The highest BCUT2D eigenvalue weighted by Crippen LogP contribution is 2.28. The fourth-order valence-electron chi connectivity index (χ4n) is 3.62. The fourth-order valence-corrected chi connectivity index (χ4v) is 5.89. The predicted octanol–water partition coefficient (Wildman–Crippen LogP) is 1.48. The number of hydrogen-bond acceptors (Lipinski definition) is 4. The van der Waals surface area contributed by atoms with Crippen LogP contribution in [0.15, 0.2) is 18.2 Å². The molecule has 0 aliphatic carbocycles. The molecule has 9 heteroatoms. The molecule has 0 unspecified atom stereocenters. The predicted molar refractivity (Wildman–Crippen MR) is 95.1 cm³/mol. The maximum absolute atomic E-state index is 13.1. The Hall–Kier alpha value is -2.16. The first-order chi connectivity index (χ1) is 12.3.